The molecule has 2 aromatic carbocycles. The molecule has 2 amide bonds. The summed E-state index contributed by atoms with van der Waals surface area (Å²) < 4.78 is 5.50. The van der Waals surface area contributed by atoms with Gasteiger partial charge in [0, 0.05) is 24.2 Å². The van der Waals surface area contributed by atoms with Gasteiger partial charge in [0.15, 0.2) is 0 Å². The number of carbonyl (C=O) groups excluding carboxylic acids is 3. The second-order valence-electron chi connectivity index (χ2n) is 7.29. The number of ether oxygens (including phenoxy) is 1. The van der Waals surface area contributed by atoms with Crippen molar-refractivity contribution in [3.8, 4) is 0 Å². The van der Waals surface area contributed by atoms with Crippen LogP contribution in [0.25, 0.3) is 0 Å². The third-order valence-corrected chi connectivity index (χ3v) is 5.16. The van der Waals surface area contributed by atoms with Crippen molar-refractivity contribution in [3.05, 3.63) is 70.8 Å². The topological polar surface area (TPSA) is 75.7 Å². The molecular formula is C23H26N2O4. The van der Waals surface area contributed by atoms with E-state index in [4.69, 9.17) is 4.74 Å². The summed E-state index contributed by atoms with van der Waals surface area (Å²) >= 11 is 0. The minimum absolute atomic E-state index is 0.220. The highest BCUT2D eigenvalue weighted by molar-refractivity contribution is 5.96. The monoisotopic (exact) mass is 394 g/mol. The van der Waals surface area contributed by atoms with Gasteiger partial charge in [-0.3, -0.25) is 14.4 Å². The average Bonchev–Trinajstić information content (AvgIpc) is 3.27. The largest absolute Gasteiger partial charge is 0.446 e. The lowest BCUT2D eigenvalue weighted by atomic mass is 10.1. The van der Waals surface area contributed by atoms with Crippen LogP contribution >= 0.6 is 0 Å². The number of likely N-dealkylation sites (tertiary alicyclic amines) is 1. The van der Waals surface area contributed by atoms with Crippen molar-refractivity contribution in [1.29, 1.82) is 0 Å². The maximum absolute atomic E-state index is 12.9. The maximum Gasteiger partial charge on any atom is 0.326 e. The van der Waals surface area contributed by atoms with Gasteiger partial charge in [-0.25, -0.2) is 0 Å². The number of nitrogens with one attached hydrogen (secondary N) is 1. The van der Waals surface area contributed by atoms with Crippen LogP contribution in [0.1, 0.15) is 46.0 Å². The van der Waals surface area contributed by atoms with E-state index < -0.39 is 12.1 Å². The second kappa shape index (κ2) is 9.37. The highest BCUT2D eigenvalue weighted by Gasteiger charge is 2.30. The molecule has 1 N–H and O–H groups in total. The van der Waals surface area contributed by atoms with Crippen molar-refractivity contribution in [2.24, 2.45) is 0 Å². The molecule has 0 saturated carbocycles. The number of aryl methyl sites for hydroxylation is 2. The lowest BCUT2D eigenvalue weighted by molar-refractivity contribution is -0.159. The maximum atomic E-state index is 12.9. The van der Waals surface area contributed by atoms with Gasteiger partial charge in [-0.15, -0.1) is 0 Å². The number of esters is 1. The third-order valence-electron chi connectivity index (χ3n) is 5.16. The summed E-state index contributed by atoms with van der Waals surface area (Å²) in [7, 11) is 0. The van der Waals surface area contributed by atoms with E-state index >= 15 is 0 Å². The number of hydrogen-bond acceptors (Lipinski definition) is 4. The molecule has 3 rings (SSSR count). The molecule has 1 heterocycles. The predicted molar refractivity (Wildman–Crippen MR) is 109 cm³/mol. The molecule has 0 radical (unpaired) electrons. The van der Waals surface area contributed by atoms with Crippen LogP contribution in [0.4, 0.5) is 0 Å². The normalized spacial score (nSPS) is 14.3. The number of nitrogens with zero attached hydrogens (tertiary/aromatic N) is 1. The van der Waals surface area contributed by atoms with Gasteiger partial charge in [0.25, 0.3) is 11.8 Å². The van der Waals surface area contributed by atoms with Crippen molar-refractivity contribution in [3.63, 3.8) is 0 Å². The fraction of sp³-hybridized carbons (Fsp3) is 0.348. The Morgan fingerprint density at radius 2 is 1.69 bits per heavy atom. The number of rotatable bonds is 6. The summed E-state index contributed by atoms with van der Waals surface area (Å²) in [5.74, 6) is -1.22. The Hall–Kier alpha value is -3.15. The highest BCUT2D eigenvalue weighted by Crippen LogP contribution is 2.23. The van der Waals surface area contributed by atoms with Crippen molar-refractivity contribution >= 4 is 17.8 Å². The van der Waals surface area contributed by atoms with Crippen LogP contribution in [-0.2, 0) is 14.3 Å². The summed E-state index contributed by atoms with van der Waals surface area (Å²) in [5, 5.41) is 2.57. The first kappa shape index (κ1) is 20.6. The van der Waals surface area contributed by atoms with Crippen molar-refractivity contribution in [1.82, 2.24) is 10.2 Å². The zero-order chi connectivity index (χ0) is 20.8. The molecule has 1 saturated heterocycles. The zero-order valence-corrected chi connectivity index (χ0v) is 16.8. The SMILES string of the molecule is Cc1ccc(C(=O)NCC(=O)O[C@@H](C(=O)N2CCCC2)c2ccccc2)cc1C. The molecule has 1 aliphatic heterocycles. The van der Waals surface area contributed by atoms with Crippen LogP contribution in [-0.4, -0.2) is 42.3 Å². The smallest absolute Gasteiger partial charge is 0.326 e. The van der Waals surface area contributed by atoms with Gasteiger partial charge in [0.1, 0.15) is 6.54 Å². The Morgan fingerprint density at radius 3 is 2.34 bits per heavy atom. The Balaban J connectivity index is 1.64. The Labute approximate surface area is 170 Å². The molecule has 1 aliphatic rings. The van der Waals surface area contributed by atoms with Crippen LogP contribution < -0.4 is 5.32 Å². The molecule has 0 spiro atoms. The van der Waals surface area contributed by atoms with Gasteiger partial charge in [0.05, 0.1) is 0 Å². The quantitative estimate of drug-likeness (QED) is 0.765. The van der Waals surface area contributed by atoms with E-state index in [2.05, 4.69) is 5.32 Å². The lowest BCUT2D eigenvalue weighted by Gasteiger charge is -2.23. The number of carbonyl (C=O) groups is 3. The summed E-state index contributed by atoms with van der Waals surface area (Å²) in [4.78, 5) is 39.3. The fourth-order valence-corrected chi connectivity index (χ4v) is 3.30. The van der Waals surface area contributed by atoms with Crippen LogP contribution in [0.15, 0.2) is 48.5 Å². The first-order valence-electron chi connectivity index (χ1n) is 9.84. The van der Waals surface area contributed by atoms with E-state index in [1.165, 1.54) is 0 Å². The van der Waals surface area contributed by atoms with Crippen LogP contribution in [0, 0.1) is 13.8 Å². The molecule has 29 heavy (non-hydrogen) atoms. The standard InChI is InChI=1S/C23H26N2O4/c1-16-10-11-19(14-17(16)2)22(27)24-15-20(26)29-21(18-8-4-3-5-9-18)23(28)25-12-6-7-13-25/h3-5,8-11,14,21H,6-7,12-13,15H2,1-2H3,(H,24,27)/t21-/m1/s1. The van der Waals surface area contributed by atoms with Gasteiger partial charge in [0.2, 0.25) is 6.10 Å². The highest BCUT2D eigenvalue weighted by atomic mass is 16.5. The van der Waals surface area contributed by atoms with Crippen molar-refractivity contribution in [2.75, 3.05) is 19.6 Å². The molecule has 0 unspecified atom stereocenters. The molecule has 0 bridgehead atoms. The fourth-order valence-electron chi connectivity index (χ4n) is 3.30. The number of hydrogen-bond donors (Lipinski definition) is 1. The zero-order valence-electron chi connectivity index (χ0n) is 16.8. The summed E-state index contributed by atoms with van der Waals surface area (Å²) in [6, 6.07) is 14.3. The Kier molecular flexibility index (Phi) is 6.65. The number of benzene rings is 2. The Bertz CT molecular complexity index is 889. The van der Waals surface area contributed by atoms with Gasteiger partial charge in [-0.2, -0.15) is 0 Å². The van der Waals surface area contributed by atoms with Gasteiger partial charge in [-0.1, -0.05) is 36.4 Å². The van der Waals surface area contributed by atoms with E-state index in [0.29, 0.717) is 24.2 Å². The molecule has 6 nitrogen and oxygen atoms in total. The van der Waals surface area contributed by atoms with E-state index in [0.717, 1.165) is 24.0 Å². The van der Waals surface area contributed by atoms with E-state index in [-0.39, 0.29) is 18.4 Å². The average molecular weight is 394 g/mol. The van der Waals surface area contributed by atoms with E-state index in [1.807, 2.05) is 26.0 Å². The molecule has 1 fully saturated rings. The van der Waals surface area contributed by atoms with Crippen molar-refractivity contribution < 1.29 is 19.1 Å². The van der Waals surface area contributed by atoms with E-state index in [9.17, 15) is 14.4 Å². The van der Waals surface area contributed by atoms with Crippen LogP contribution in [0.5, 0.6) is 0 Å². The predicted octanol–water partition coefficient (Wildman–Crippen LogP) is 2.94. The minimum Gasteiger partial charge on any atom is -0.446 e. The molecule has 0 aliphatic carbocycles. The van der Waals surface area contributed by atoms with E-state index in [1.54, 1.807) is 41.3 Å². The van der Waals surface area contributed by atoms with Gasteiger partial charge in [-0.05, 0) is 49.9 Å². The third kappa shape index (κ3) is 5.22. The minimum atomic E-state index is -1.000. The first-order chi connectivity index (χ1) is 14.0. The first-order valence-corrected chi connectivity index (χ1v) is 9.84. The lowest BCUT2D eigenvalue weighted by Crippen LogP contribution is -2.37. The molecular weight excluding hydrogens is 368 g/mol. The molecule has 2 aromatic rings. The molecule has 0 aromatic heterocycles. The Morgan fingerprint density at radius 1 is 1.00 bits per heavy atom. The van der Waals surface area contributed by atoms with Crippen molar-refractivity contribution in [2.45, 2.75) is 32.8 Å². The molecule has 152 valence electrons. The molecule has 6 heteroatoms. The summed E-state index contributed by atoms with van der Waals surface area (Å²) in [5.41, 5.74) is 3.19. The summed E-state index contributed by atoms with van der Waals surface area (Å²) in [6.07, 6.45) is 0.904. The number of amides is 2. The second-order valence-corrected chi connectivity index (χ2v) is 7.29. The summed E-state index contributed by atoms with van der Waals surface area (Å²) in [6.45, 7) is 4.93. The van der Waals surface area contributed by atoms with Gasteiger partial charge < -0.3 is 15.0 Å². The molecule has 1 atom stereocenters. The van der Waals surface area contributed by atoms with Crippen LogP contribution in [0.3, 0.4) is 0 Å². The van der Waals surface area contributed by atoms with Gasteiger partial charge >= 0.3 is 5.97 Å². The van der Waals surface area contributed by atoms with Crippen LogP contribution in [0.2, 0.25) is 0 Å².